The van der Waals surface area contributed by atoms with Crippen LogP contribution in [0.3, 0.4) is 0 Å². The smallest absolute Gasteiger partial charge is 0.282 e. The molecule has 1 aliphatic carbocycles. The van der Waals surface area contributed by atoms with Gasteiger partial charge in [0.1, 0.15) is 12.6 Å². The van der Waals surface area contributed by atoms with Crippen molar-refractivity contribution in [3.8, 4) is 0 Å². The van der Waals surface area contributed by atoms with Crippen molar-refractivity contribution in [2.75, 3.05) is 19.6 Å². The second kappa shape index (κ2) is 12.4. The number of hydrogen-bond acceptors (Lipinski definition) is 7. The molecule has 0 radical (unpaired) electrons. The molecular weight excluding hydrogens is 494 g/mol. The predicted molar refractivity (Wildman–Crippen MR) is 143 cm³/mol. The summed E-state index contributed by atoms with van der Waals surface area (Å²) in [4.78, 5) is 13.1. The summed E-state index contributed by atoms with van der Waals surface area (Å²) < 4.78 is 13.2. The zero-order valence-corrected chi connectivity index (χ0v) is 22.5. The van der Waals surface area contributed by atoms with Crippen LogP contribution in [0.15, 0.2) is 65.2 Å². The molecule has 3 aromatic rings. The fraction of sp³-hybridized carbons (Fsp3) is 0.516. The Balaban J connectivity index is 0.000000983. The van der Waals surface area contributed by atoms with Crippen molar-refractivity contribution < 1.29 is 28.8 Å². The van der Waals surface area contributed by atoms with Gasteiger partial charge in [0.05, 0.1) is 19.7 Å². The molecular formula is C31H39N3O5. The monoisotopic (exact) mass is 533 g/mol. The van der Waals surface area contributed by atoms with Crippen LogP contribution in [-0.2, 0) is 28.3 Å². The highest BCUT2D eigenvalue weighted by Gasteiger charge is 2.49. The number of carbonyl (C=O) groups is 1. The van der Waals surface area contributed by atoms with Gasteiger partial charge in [-0.25, -0.2) is 0 Å². The molecule has 1 N–H and O–H groups in total. The van der Waals surface area contributed by atoms with E-state index in [1.165, 1.54) is 24.8 Å². The average Bonchev–Trinajstić information content (AvgIpc) is 3.46. The van der Waals surface area contributed by atoms with E-state index in [0.29, 0.717) is 30.8 Å². The van der Waals surface area contributed by atoms with Crippen molar-refractivity contribution in [3.05, 3.63) is 83.5 Å². The van der Waals surface area contributed by atoms with Crippen molar-refractivity contribution in [3.63, 3.8) is 0 Å². The molecule has 0 amide bonds. The summed E-state index contributed by atoms with van der Waals surface area (Å²) in [6.45, 7) is 4.11. The van der Waals surface area contributed by atoms with Crippen LogP contribution in [0.2, 0.25) is 0 Å². The number of aliphatic hydroxyl groups is 1. The molecule has 3 aliphatic heterocycles. The minimum Gasteiger partial charge on any atom is -0.554 e. The zero-order valence-electron chi connectivity index (χ0n) is 22.5. The number of benzene rings is 2. The van der Waals surface area contributed by atoms with Crippen LogP contribution < -0.4 is 5.11 Å². The number of fused-ring (bicyclic) bond motifs is 3. The molecule has 7 rings (SSSR count). The summed E-state index contributed by atoms with van der Waals surface area (Å²) in [5.74, 6) is 1.81. The Hall–Kier alpha value is -3.07. The Bertz CT molecular complexity index is 1170. The van der Waals surface area contributed by atoms with Crippen molar-refractivity contribution in [2.45, 2.75) is 69.8 Å². The summed E-state index contributed by atoms with van der Waals surface area (Å²) in [5.41, 5.74) is 0.883. The number of rotatable bonds is 8. The highest BCUT2D eigenvalue weighted by molar-refractivity contribution is 5.30. The van der Waals surface area contributed by atoms with Gasteiger partial charge in [0.25, 0.3) is 5.89 Å². The first-order valence-electron chi connectivity index (χ1n) is 14.2. The van der Waals surface area contributed by atoms with Crippen molar-refractivity contribution in [1.82, 2.24) is 10.1 Å². The van der Waals surface area contributed by atoms with Crippen LogP contribution in [0, 0.1) is 11.8 Å². The molecule has 4 heterocycles. The normalized spacial score (nSPS) is 26.3. The molecule has 0 spiro atoms. The first-order valence-corrected chi connectivity index (χ1v) is 14.2. The minimum atomic E-state index is -1.21. The Labute approximate surface area is 230 Å². The second-order valence-electron chi connectivity index (χ2n) is 11.4. The van der Waals surface area contributed by atoms with E-state index >= 15 is 0 Å². The number of nitrogens with zero attached hydrogens (tertiary/aromatic N) is 3. The maximum Gasteiger partial charge on any atom is 0.282 e. The van der Waals surface area contributed by atoms with Crippen LogP contribution in [0.1, 0.15) is 67.8 Å². The van der Waals surface area contributed by atoms with Gasteiger partial charge in [-0.3, -0.25) is 0 Å². The lowest BCUT2D eigenvalue weighted by molar-refractivity contribution is -0.959. The molecule has 8 nitrogen and oxygen atoms in total. The lowest BCUT2D eigenvalue weighted by Crippen LogP contribution is -2.63. The Kier molecular flexibility index (Phi) is 8.75. The molecule has 1 unspecified atom stereocenters. The van der Waals surface area contributed by atoms with Gasteiger partial charge < -0.3 is 28.8 Å². The van der Waals surface area contributed by atoms with E-state index in [1.54, 1.807) is 0 Å². The molecule has 39 heavy (non-hydrogen) atoms. The highest BCUT2D eigenvalue weighted by Crippen LogP contribution is 2.43. The van der Waals surface area contributed by atoms with Gasteiger partial charge in [-0.15, -0.1) is 0 Å². The second-order valence-corrected chi connectivity index (χ2v) is 11.4. The van der Waals surface area contributed by atoms with Crippen molar-refractivity contribution >= 4 is 6.47 Å². The van der Waals surface area contributed by atoms with Crippen LogP contribution in [0.5, 0.6) is 0 Å². The molecule has 1 aromatic heterocycles. The molecule has 4 fully saturated rings. The Morgan fingerprint density at radius 2 is 1.64 bits per heavy atom. The number of carboxylic acid groups (broad SMARTS) is 1. The Morgan fingerprint density at radius 1 is 1.00 bits per heavy atom. The number of ether oxygens (including phenoxy) is 1. The van der Waals surface area contributed by atoms with E-state index in [4.69, 9.17) is 24.1 Å². The number of hydrogen-bond donors (Lipinski definition) is 1. The van der Waals surface area contributed by atoms with Gasteiger partial charge in [-0.05, 0) is 29.9 Å². The van der Waals surface area contributed by atoms with Gasteiger partial charge in [-0.1, -0.05) is 85.1 Å². The summed E-state index contributed by atoms with van der Waals surface area (Å²) >= 11 is 0. The van der Waals surface area contributed by atoms with Gasteiger partial charge in [0.2, 0.25) is 5.82 Å². The van der Waals surface area contributed by atoms with Crippen LogP contribution >= 0.6 is 0 Å². The summed E-state index contributed by atoms with van der Waals surface area (Å²) in [6.07, 6.45) is 8.08. The summed E-state index contributed by atoms with van der Waals surface area (Å²) in [6, 6.07) is 20.4. The SMILES string of the molecule is O=C[O-].OC(c1ccccc1)(c1noc(C[N+]23CCC(CC2)[C@@H](OCc2ccccc2)C3)n1)C1CCCCC1. The highest BCUT2D eigenvalue weighted by atomic mass is 16.5. The van der Waals surface area contributed by atoms with E-state index in [-0.39, 0.29) is 12.0 Å². The van der Waals surface area contributed by atoms with E-state index < -0.39 is 12.1 Å². The fourth-order valence-corrected chi connectivity index (χ4v) is 6.93. The van der Waals surface area contributed by atoms with E-state index in [0.717, 1.165) is 55.4 Å². The van der Waals surface area contributed by atoms with Gasteiger partial charge in [0.15, 0.2) is 12.1 Å². The maximum atomic E-state index is 12.1. The third kappa shape index (κ3) is 6.08. The average molecular weight is 534 g/mol. The summed E-state index contributed by atoms with van der Waals surface area (Å²) in [5, 5.41) is 24.8. The first kappa shape index (κ1) is 27.5. The van der Waals surface area contributed by atoms with Crippen molar-refractivity contribution in [2.24, 2.45) is 11.8 Å². The molecule has 2 bridgehead atoms. The molecule has 1 saturated carbocycles. The van der Waals surface area contributed by atoms with Crippen molar-refractivity contribution in [1.29, 1.82) is 0 Å². The van der Waals surface area contributed by atoms with Crippen LogP contribution in [0.25, 0.3) is 0 Å². The van der Waals surface area contributed by atoms with Gasteiger partial charge >= 0.3 is 0 Å². The first-order chi connectivity index (χ1) is 19.1. The van der Waals surface area contributed by atoms with E-state index in [9.17, 15) is 5.11 Å². The minimum absolute atomic E-state index is 0.104. The molecule has 2 aromatic carbocycles. The molecule has 4 aliphatic rings. The van der Waals surface area contributed by atoms with Crippen LogP contribution in [-0.4, -0.2) is 51.9 Å². The third-order valence-corrected chi connectivity index (χ3v) is 9.04. The van der Waals surface area contributed by atoms with Gasteiger partial charge in [-0.2, -0.15) is 4.98 Å². The largest absolute Gasteiger partial charge is 0.554 e. The molecule has 208 valence electrons. The number of carbonyl (C=O) groups excluding carboxylic acids is 1. The van der Waals surface area contributed by atoms with Crippen LogP contribution in [0.4, 0.5) is 0 Å². The Morgan fingerprint density at radius 3 is 2.31 bits per heavy atom. The lowest BCUT2D eigenvalue weighted by Gasteiger charge is -2.51. The number of quaternary nitrogens is 1. The van der Waals surface area contributed by atoms with Gasteiger partial charge in [0, 0.05) is 25.2 Å². The zero-order chi connectivity index (χ0) is 27.1. The number of aromatic nitrogens is 2. The van der Waals surface area contributed by atoms with E-state index in [1.807, 2.05) is 36.4 Å². The molecule has 3 saturated heterocycles. The summed E-state index contributed by atoms with van der Waals surface area (Å²) in [7, 11) is 0. The third-order valence-electron chi connectivity index (χ3n) is 9.04. The molecule has 8 heteroatoms. The topological polar surface area (TPSA) is 109 Å². The number of piperidine rings is 3. The molecule has 2 atom stereocenters. The quantitative estimate of drug-likeness (QED) is 0.348. The predicted octanol–water partition coefficient (Wildman–Crippen LogP) is 3.58. The standard InChI is InChI=1S/C30H38N3O3.CH2O2/c34-30(25-12-6-2-7-13-25,26-14-8-3-9-15-26)29-31-28(36-32-29)21-33-18-16-24(17-19-33)27(20-33)35-22-23-10-4-1-5-11-23;2-1-3/h1-2,4-7,10-13,24,26-27,34H,3,8-9,14-22H2;1H,(H,2,3)/q+1;/p-1/t24?,27-,30?,33?;/m0./s1. The maximum absolute atomic E-state index is 12.1. The van der Waals surface area contributed by atoms with E-state index in [2.05, 4.69) is 29.4 Å². The lowest BCUT2D eigenvalue weighted by atomic mass is 9.73. The fourth-order valence-electron chi connectivity index (χ4n) is 6.93.